The second-order valence-electron chi connectivity index (χ2n) is 6.00. The van der Waals surface area contributed by atoms with Gasteiger partial charge in [-0.05, 0) is 49.8 Å². The number of nitrogens with zero attached hydrogens (tertiary/aromatic N) is 2. The Kier molecular flexibility index (Phi) is 7.92. The average Bonchev–Trinajstić information content (AvgIpc) is 2.74. The second kappa shape index (κ2) is 10.6. The maximum atomic E-state index is 12.1. The summed E-state index contributed by atoms with van der Waals surface area (Å²) in [5.74, 6) is 0.0661. The number of carbonyl (C=O) groups excluding carboxylic acids is 2. The number of ether oxygens (including phenoxy) is 2. The van der Waals surface area contributed by atoms with Gasteiger partial charge in [0.25, 0.3) is 5.69 Å². The van der Waals surface area contributed by atoms with Crippen LogP contribution in [0.3, 0.4) is 0 Å². The summed E-state index contributed by atoms with van der Waals surface area (Å²) in [5.41, 5.74) is 1.64. The maximum Gasteiger partial charge on any atom is 0.414 e. The van der Waals surface area contributed by atoms with E-state index in [0.717, 1.165) is 0 Å². The van der Waals surface area contributed by atoms with Crippen LogP contribution >= 0.6 is 0 Å². The first-order chi connectivity index (χ1) is 14.4. The Morgan fingerprint density at radius 3 is 2.43 bits per heavy atom. The van der Waals surface area contributed by atoms with Crippen molar-refractivity contribution in [2.45, 2.75) is 13.8 Å². The molecule has 0 spiro atoms. The van der Waals surface area contributed by atoms with Crippen LogP contribution in [0.2, 0.25) is 0 Å². The molecule has 0 fully saturated rings. The predicted molar refractivity (Wildman–Crippen MR) is 114 cm³/mol. The van der Waals surface area contributed by atoms with Crippen molar-refractivity contribution < 1.29 is 24.0 Å². The molecule has 0 radical (unpaired) electrons. The standard InChI is InChI=1S/C21H23N3O6/c1-4-23(21(26)30-5-2)18-12-6-15(14-19(18)29-3)7-13-20(25)22-16-8-10-17(11-9-16)24(27)28/h6-14H,4-5H2,1-3H3,(H,22,25). The zero-order valence-corrected chi connectivity index (χ0v) is 17.0. The van der Waals surface area contributed by atoms with Crippen molar-refractivity contribution in [2.24, 2.45) is 0 Å². The van der Waals surface area contributed by atoms with E-state index >= 15 is 0 Å². The fourth-order valence-corrected chi connectivity index (χ4v) is 2.64. The molecule has 9 heteroatoms. The SMILES string of the molecule is CCOC(=O)N(CC)c1ccc(C=CC(=O)Nc2ccc([N+](=O)[O-])cc2)cc1OC. The molecule has 0 aliphatic rings. The average molecular weight is 413 g/mol. The van der Waals surface area contributed by atoms with Crippen LogP contribution in [0.4, 0.5) is 21.9 Å². The summed E-state index contributed by atoms with van der Waals surface area (Å²) in [4.78, 5) is 35.8. The van der Waals surface area contributed by atoms with Crippen LogP contribution in [0.25, 0.3) is 6.08 Å². The predicted octanol–water partition coefficient (Wildman–Crippen LogP) is 4.24. The Morgan fingerprint density at radius 1 is 1.17 bits per heavy atom. The highest BCUT2D eigenvalue weighted by atomic mass is 16.6. The molecule has 0 aliphatic heterocycles. The molecule has 1 N–H and O–H groups in total. The van der Waals surface area contributed by atoms with Gasteiger partial charge in [0.15, 0.2) is 0 Å². The Hall–Kier alpha value is -3.88. The van der Waals surface area contributed by atoms with E-state index in [-0.39, 0.29) is 12.3 Å². The summed E-state index contributed by atoms with van der Waals surface area (Å²) in [5, 5.41) is 13.3. The summed E-state index contributed by atoms with van der Waals surface area (Å²) in [7, 11) is 1.49. The lowest BCUT2D eigenvalue weighted by Crippen LogP contribution is -2.31. The Balaban J connectivity index is 2.12. The Labute approximate surface area is 174 Å². The molecule has 2 aromatic rings. The van der Waals surface area contributed by atoms with E-state index in [1.165, 1.54) is 42.4 Å². The van der Waals surface area contributed by atoms with Gasteiger partial charge in [-0.3, -0.25) is 19.8 Å². The number of amides is 2. The molecule has 9 nitrogen and oxygen atoms in total. The van der Waals surface area contributed by atoms with Crippen LogP contribution in [0.15, 0.2) is 48.5 Å². The highest BCUT2D eigenvalue weighted by Crippen LogP contribution is 2.30. The van der Waals surface area contributed by atoms with Gasteiger partial charge in [0, 0.05) is 30.4 Å². The number of nitrogens with one attached hydrogen (secondary N) is 1. The van der Waals surface area contributed by atoms with Gasteiger partial charge in [-0.25, -0.2) is 4.79 Å². The molecule has 2 aromatic carbocycles. The molecule has 2 amide bonds. The molecule has 0 saturated heterocycles. The van der Waals surface area contributed by atoms with Crippen molar-refractivity contribution in [1.82, 2.24) is 0 Å². The molecule has 0 unspecified atom stereocenters. The molecular weight excluding hydrogens is 390 g/mol. The monoisotopic (exact) mass is 413 g/mol. The molecule has 0 aromatic heterocycles. The first kappa shape index (κ1) is 22.4. The van der Waals surface area contributed by atoms with Gasteiger partial charge >= 0.3 is 6.09 Å². The third-order valence-electron chi connectivity index (χ3n) is 4.07. The minimum atomic E-state index is -0.510. The summed E-state index contributed by atoms with van der Waals surface area (Å²) in [6.45, 7) is 4.23. The first-order valence-electron chi connectivity index (χ1n) is 9.25. The van der Waals surface area contributed by atoms with Crippen molar-refractivity contribution in [3.63, 3.8) is 0 Å². The number of non-ortho nitro benzene ring substituents is 1. The lowest BCUT2D eigenvalue weighted by Gasteiger charge is -2.22. The van der Waals surface area contributed by atoms with Crippen molar-refractivity contribution in [3.8, 4) is 5.75 Å². The fraction of sp³-hybridized carbons (Fsp3) is 0.238. The molecular formula is C21H23N3O6. The van der Waals surface area contributed by atoms with Gasteiger partial charge in [0.2, 0.25) is 5.91 Å². The normalized spacial score (nSPS) is 10.5. The van der Waals surface area contributed by atoms with E-state index in [1.54, 1.807) is 31.2 Å². The van der Waals surface area contributed by atoms with Crippen molar-refractivity contribution >= 4 is 35.1 Å². The van der Waals surface area contributed by atoms with Gasteiger partial charge < -0.3 is 14.8 Å². The van der Waals surface area contributed by atoms with Crippen LogP contribution in [0.1, 0.15) is 19.4 Å². The van der Waals surface area contributed by atoms with Crippen LogP contribution < -0.4 is 15.0 Å². The summed E-state index contributed by atoms with van der Waals surface area (Å²) in [6.07, 6.45) is 2.45. The van der Waals surface area contributed by atoms with Crippen molar-refractivity contribution in [1.29, 1.82) is 0 Å². The van der Waals surface area contributed by atoms with Gasteiger partial charge in [0.1, 0.15) is 5.75 Å². The van der Waals surface area contributed by atoms with E-state index in [4.69, 9.17) is 9.47 Å². The lowest BCUT2D eigenvalue weighted by molar-refractivity contribution is -0.384. The fourth-order valence-electron chi connectivity index (χ4n) is 2.64. The molecule has 0 heterocycles. The van der Waals surface area contributed by atoms with Crippen molar-refractivity contribution in [3.05, 3.63) is 64.2 Å². The number of nitro benzene ring substituents is 1. The third-order valence-corrected chi connectivity index (χ3v) is 4.07. The molecule has 0 aliphatic carbocycles. The van der Waals surface area contributed by atoms with E-state index in [0.29, 0.717) is 29.2 Å². The molecule has 0 atom stereocenters. The molecule has 158 valence electrons. The van der Waals surface area contributed by atoms with Crippen molar-refractivity contribution in [2.75, 3.05) is 30.5 Å². The number of carbonyl (C=O) groups is 2. The number of hydrogen-bond acceptors (Lipinski definition) is 6. The largest absolute Gasteiger partial charge is 0.495 e. The number of hydrogen-bond donors (Lipinski definition) is 1. The first-order valence-corrected chi connectivity index (χ1v) is 9.25. The number of rotatable bonds is 8. The minimum absolute atomic E-state index is 0.0559. The topological polar surface area (TPSA) is 111 Å². The zero-order valence-electron chi connectivity index (χ0n) is 17.0. The number of benzene rings is 2. The van der Waals surface area contributed by atoms with E-state index in [1.807, 2.05) is 6.92 Å². The summed E-state index contributed by atoms with van der Waals surface area (Å²) < 4.78 is 10.5. The van der Waals surface area contributed by atoms with E-state index < -0.39 is 16.9 Å². The zero-order chi connectivity index (χ0) is 22.1. The highest BCUT2D eigenvalue weighted by molar-refractivity contribution is 6.02. The maximum absolute atomic E-state index is 12.1. The highest BCUT2D eigenvalue weighted by Gasteiger charge is 2.19. The number of nitro groups is 1. The van der Waals surface area contributed by atoms with Crippen LogP contribution in [0.5, 0.6) is 5.75 Å². The molecule has 0 saturated carbocycles. The van der Waals surface area contributed by atoms with Gasteiger partial charge in [-0.15, -0.1) is 0 Å². The number of methoxy groups -OCH3 is 1. The quantitative estimate of drug-likeness (QED) is 0.394. The van der Waals surface area contributed by atoms with E-state index in [2.05, 4.69) is 5.32 Å². The molecule has 2 rings (SSSR count). The molecule has 0 bridgehead atoms. The lowest BCUT2D eigenvalue weighted by atomic mass is 10.1. The van der Waals surface area contributed by atoms with Crippen LogP contribution in [-0.2, 0) is 9.53 Å². The third kappa shape index (κ3) is 5.81. The van der Waals surface area contributed by atoms with Gasteiger partial charge in [-0.2, -0.15) is 0 Å². The Morgan fingerprint density at radius 2 is 1.87 bits per heavy atom. The Bertz CT molecular complexity index is 940. The van der Waals surface area contributed by atoms with Gasteiger partial charge in [-0.1, -0.05) is 6.07 Å². The van der Waals surface area contributed by atoms with Crippen LogP contribution in [0, 0.1) is 10.1 Å². The minimum Gasteiger partial charge on any atom is -0.495 e. The molecule has 30 heavy (non-hydrogen) atoms. The second-order valence-corrected chi connectivity index (χ2v) is 6.00. The van der Waals surface area contributed by atoms with Crippen LogP contribution in [-0.4, -0.2) is 37.2 Å². The summed E-state index contributed by atoms with van der Waals surface area (Å²) >= 11 is 0. The number of anilines is 2. The van der Waals surface area contributed by atoms with Gasteiger partial charge in [0.05, 0.1) is 24.3 Å². The summed E-state index contributed by atoms with van der Waals surface area (Å²) in [6, 6.07) is 10.7. The smallest absolute Gasteiger partial charge is 0.414 e. The van der Waals surface area contributed by atoms with E-state index in [9.17, 15) is 19.7 Å².